The first-order valence-electron chi connectivity index (χ1n) is 3.71. The fraction of sp³-hybridized carbons (Fsp3) is 0.222. The van der Waals surface area contributed by atoms with Crippen LogP contribution in [0.25, 0.3) is 0 Å². The number of phenolic OH excluding ortho intramolecular Hbond substituents is 1. The molecule has 56 valence electrons. The van der Waals surface area contributed by atoms with E-state index in [1.54, 1.807) is 12.1 Å². The lowest BCUT2D eigenvalue weighted by Crippen LogP contribution is -1.92. The predicted octanol–water partition coefficient (Wildman–Crippen LogP) is 2.04. The summed E-state index contributed by atoms with van der Waals surface area (Å²) in [4.78, 5) is 4.17. The third-order valence-electron chi connectivity index (χ3n) is 1.84. The molecule has 11 heavy (non-hydrogen) atoms. The van der Waals surface area contributed by atoms with Gasteiger partial charge >= 0.3 is 0 Å². The van der Waals surface area contributed by atoms with Gasteiger partial charge in [-0.15, -0.1) is 0 Å². The molecule has 1 aromatic rings. The van der Waals surface area contributed by atoms with Crippen molar-refractivity contribution >= 4 is 11.9 Å². The largest absolute Gasteiger partial charge is 0.508 e. The number of aliphatic imine (C=N–C) groups is 1. The molecular weight excluding hydrogens is 138 g/mol. The molecule has 0 saturated heterocycles. The van der Waals surface area contributed by atoms with Crippen molar-refractivity contribution in [2.45, 2.75) is 12.8 Å². The van der Waals surface area contributed by atoms with Crippen LogP contribution in [0.5, 0.6) is 5.75 Å². The number of hydrogen-bond donors (Lipinski definition) is 1. The molecule has 1 aromatic carbocycles. The summed E-state index contributed by atoms with van der Waals surface area (Å²) >= 11 is 0. The Morgan fingerprint density at radius 3 is 3.18 bits per heavy atom. The van der Waals surface area contributed by atoms with Gasteiger partial charge < -0.3 is 5.11 Å². The van der Waals surface area contributed by atoms with Crippen molar-refractivity contribution in [3.8, 4) is 5.75 Å². The lowest BCUT2D eigenvalue weighted by atomic mass is 10.1. The molecule has 0 fully saturated rings. The first-order chi connectivity index (χ1) is 5.36. The lowest BCUT2D eigenvalue weighted by Gasteiger charge is -2.08. The molecule has 0 bridgehead atoms. The highest BCUT2D eigenvalue weighted by Gasteiger charge is 2.04. The van der Waals surface area contributed by atoms with E-state index in [-0.39, 0.29) is 0 Å². The Labute approximate surface area is 65.2 Å². The molecule has 1 aliphatic heterocycles. The van der Waals surface area contributed by atoms with Gasteiger partial charge in [0.1, 0.15) is 5.75 Å². The van der Waals surface area contributed by atoms with E-state index in [1.807, 2.05) is 12.3 Å². The van der Waals surface area contributed by atoms with Crippen molar-refractivity contribution < 1.29 is 5.11 Å². The molecular formula is C9H9NO. The van der Waals surface area contributed by atoms with Crippen molar-refractivity contribution in [3.05, 3.63) is 23.8 Å². The Morgan fingerprint density at radius 2 is 2.27 bits per heavy atom. The van der Waals surface area contributed by atoms with Crippen LogP contribution in [0.2, 0.25) is 0 Å². The van der Waals surface area contributed by atoms with Gasteiger partial charge in [0.2, 0.25) is 0 Å². The molecule has 1 N–H and O–H groups in total. The molecule has 0 unspecified atom stereocenters. The van der Waals surface area contributed by atoms with Gasteiger partial charge in [0.15, 0.2) is 0 Å². The quantitative estimate of drug-likeness (QED) is 0.598. The number of aromatic hydroxyl groups is 1. The topological polar surface area (TPSA) is 32.6 Å². The van der Waals surface area contributed by atoms with E-state index in [9.17, 15) is 0 Å². The Balaban J connectivity index is 2.54. The van der Waals surface area contributed by atoms with E-state index < -0.39 is 0 Å². The smallest absolute Gasteiger partial charge is 0.117 e. The highest BCUT2D eigenvalue weighted by Crippen LogP contribution is 2.27. The van der Waals surface area contributed by atoms with Gasteiger partial charge in [0, 0.05) is 12.3 Å². The zero-order chi connectivity index (χ0) is 7.68. The molecule has 1 heterocycles. The van der Waals surface area contributed by atoms with Crippen molar-refractivity contribution in [1.29, 1.82) is 0 Å². The summed E-state index contributed by atoms with van der Waals surface area (Å²) in [6.45, 7) is 0. The van der Waals surface area contributed by atoms with Crippen molar-refractivity contribution in [1.82, 2.24) is 0 Å². The van der Waals surface area contributed by atoms with Crippen LogP contribution in [0, 0.1) is 0 Å². The van der Waals surface area contributed by atoms with Gasteiger partial charge in [0.05, 0.1) is 5.69 Å². The van der Waals surface area contributed by atoms with E-state index in [2.05, 4.69) is 4.99 Å². The standard InChI is InChI=1S/C9H9NO/c11-8-4-3-7-2-1-5-10-9(7)6-8/h3-6,11H,1-2H2. The van der Waals surface area contributed by atoms with Crippen molar-refractivity contribution in [2.75, 3.05) is 0 Å². The summed E-state index contributed by atoms with van der Waals surface area (Å²) in [6, 6.07) is 5.34. The molecule has 1 aliphatic rings. The second kappa shape index (κ2) is 2.38. The zero-order valence-corrected chi connectivity index (χ0v) is 6.12. The summed E-state index contributed by atoms with van der Waals surface area (Å²) in [5, 5.41) is 9.11. The number of rotatable bonds is 0. The van der Waals surface area contributed by atoms with Crippen LogP contribution >= 0.6 is 0 Å². The van der Waals surface area contributed by atoms with Crippen LogP contribution in [-0.4, -0.2) is 11.3 Å². The van der Waals surface area contributed by atoms with Gasteiger partial charge in [-0.1, -0.05) is 6.07 Å². The van der Waals surface area contributed by atoms with Gasteiger partial charge in [0.25, 0.3) is 0 Å². The second-order valence-electron chi connectivity index (χ2n) is 2.66. The second-order valence-corrected chi connectivity index (χ2v) is 2.66. The Hall–Kier alpha value is -1.31. The minimum Gasteiger partial charge on any atom is -0.508 e. The fourth-order valence-electron chi connectivity index (χ4n) is 1.27. The SMILES string of the molecule is Oc1ccc2c(c1)N=CCC2. The first-order valence-corrected chi connectivity index (χ1v) is 3.71. The molecule has 0 aliphatic carbocycles. The average molecular weight is 147 g/mol. The third kappa shape index (κ3) is 1.11. The maximum Gasteiger partial charge on any atom is 0.117 e. The Morgan fingerprint density at radius 1 is 1.36 bits per heavy atom. The molecule has 0 spiro atoms. The highest BCUT2D eigenvalue weighted by atomic mass is 16.3. The molecule has 0 aromatic heterocycles. The van der Waals surface area contributed by atoms with E-state index in [0.717, 1.165) is 18.5 Å². The van der Waals surface area contributed by atoms with E-state index >= 15 is 0 Å². The molecule has 0 saturated carbocycles. The first kappa shape index (κ1) is 6.40. The maximum absolute atomic E-state index is 9.11. The summed E-state index contributed by atoms with van der Waals surface area (Å²) in [7, 11) is 0. The van der Waals surface area contributed by atoms with Crippen LogP contribution < -0.4 is 0 Å². The number of benzene rings is 1. The summed E-state index contributed by atoms with van der Waals surface area (Å²) < 4.78 is 0. The fourth-order valence-corrected chi connectivity index (χ4v) is 1.27. The summed E-state index contributed by atoms with van der Waals surface area (Å²) in [6.07, 6.45) is 3.94. The monoisotopic (exact) mass is 147 g/mol. The van der Waals surface area contributed by atoms with Gasteiger partial charge in [-0.2, -0.15) is 0 Å². The van der Waals surface area contributed by atoms with Crippen molar-refractivity contribution in [3.63, 3.8) is 0 Å². The van der Waals surface area contributed by atoms with E-state index in [0.29, 0.717) is 5.75 Å². The van der Waals surface area contributed by atoms with Crippen molar-refractivity contribution in [2.24, 2.45) is 4.99 Å². The number of fused-ring (bicyclic) bond motifs is 1. The summed E-state index contributed by atoms with van der Waals surface area (Å²) in [5.74, 6) is 0.294. The van der Waals surface area contributed by atoms with Crippen LogP contribution in [0.4, 0.5) is 5.69 Å². The predicted molar refractivity (Wildman–Crippen MR) is 44.6 cm³/mol. The maximum atomic E-state index is 9.11. The highest BCUT2D eigenvalue weighted by molar-refractivity contribution is 5.69. The number of aryl methyl sites for hydroxylation is 1. The van der Waals surface area contributed by atoms with Gasteiger partial charge in [-0.3, -0.25) is 4.99 Å². The third-order valence-corrected chi connectivity index (χ3v) is 1.84. The number of phenols is 1. The van der Waals surface area contributed by atoms with Crippen LogP contribution in [0.3, 0.4) is 0 Å². The van der Waals surface area contributed by atoms with Gasteiger partial charge in [-0.05, 0) is 24.5 Å². The normalized spacial score (nSPS) is 14.5. The lowest BCUT2D eigenvalue weighted by molar-refractivity contribution is 0.475. The van der Waals surface area contributed by atoms with Gasteiger partial charge in [-0.25, -0.2) is 0 Å². The van der Waals surface area contributed by atoms with Crippen LogP contribution in [0.1, 0.15) is 12.0 Å². The Bertz CT molecular complexity index is 304. The molecule has 2 rings (SSSR count). The minimum atomic E-state index is 0.294. The molecule has 0 amide bonds. The molecule has 0 atom stereocenters. The zero-order valence-electron chi connectivity index (χ0n) is 6.12. The average Bonchev–Trinajstić information content (AvgIpc) is 2.04. The Kier molecular flexibility index (Phi) is 1.39. The molecule has 2 heteroatoms. The molecule has 2 nitrogen and oxygen atoms in total. The van der Waals surface area contributed by atoms with E-state index in [4.69, 9.17) is 5.11 Å². The summed E-state index contributed by atoms with van der Waals surface area (Å²) in [5.41, 5.74) is 2.14. The minimum absolute atomic E-state index is 0.294. The van der Waals surface area contributed by atoms with Crippen LogP contribution in [0.15, 0.2) is 23.2 Å². The van der Waals surface area contributed by atoms with Crippen LogP contribution in [-0.2, 0) is 6.42 Å². The molecule has 0 radical (unpaired) electrons. The van der Waals surface area contributed by atoms with E-state index in [1.165, 1.54) is 5.56 Å². The number of hydrogen-bond acceptors (Lipinski definition) is 2. The number of nitrogens with zero attached hydrogens (tertiary/aromatic N) is 1.